The molecule has 2 aromatic carbocycles. The first-order valence-electron chi connectivity index (χ1n) is 10.9. The Hall–Kier alpha value is -3.14. The van der Waals surface area contributed by atoms with Crippen LogP contribution in [0, 0.1) is 11.7 Å². The number of benzene rings is 2. The van der Waals surface area contributed by atoms with Gasteiger partial charge < -0.3 is 15.0 Å². The number of rotatable bonds is 11. The van der Waals surface area contributed by atoms with Gasteiger partial charge in [0, 0.05) is 19.2 Å². The van der Waals surface area contributed by atoms with Gasteiger partial charge in [0.1, 0.15) is 24.2 Å². The molecule has 10 heteroatoms. The average Bonchev–Trinajstić information content (AvgIpc) is 2.79. The van der Waals surface area contributed by atoms with Crippen molar-refractivity contribution in [1.82, 2.24) is 10.2 Å². The van der Waals surface area contributed by atoms with E-state index in [0.717, 1.165) is 10.6 Å². The van der Waals surface area contributed by atoms with Crippen molar-refractivity contribution in [2.24, 2.45) is 5.92 Å². The third-order valence-corrected chi connectivity index (χ3v) is 6.28. The van der Waals surface area contributed by atoms with Gasteiger partial charge in [-0.2, -0.15) is 0 Å². The Labute approximate surface area is 200 Å². The predicted molar refractivity (Wildman–Crippen MR) is 129 cm³/mol. The van der Waals surface area contributed by atoms with E-state index in [1.54, 1.807) is 25.1 Å². The first kappa shape index (κ1) is 27.1. The maximum atomic E-state index is 13.4. The summed E-state index contributed by atoms with van der Waals surface area (Å²) >= 11 is 0. The minimum absolute atomic E-state index is 0.00505. The molecule has 0 saturated carbocycles. The fraction of sp³-hybridized carbons (Fsp3) is 0.417. The largest absolute Gasteiger partial charge is 0.497 e. The van der Waals surface area contributed by atoms with E-state index in [9.17, 15) is 22.4 Å². The molecular formula is C24H32FN3O5S. The molecule has 8 nitrogen and oxygen atoms in total. The van der Waals surface area contributed by atoms with Crippen LogP contribution in [0.5, 0.6) is 5.75 Å². The van der Waals surface area contributed by atoms with Gasteiger partial charge in [-0.3, -0.25) is 13.9 Å². The third kappa shape index (κ3) is 7.72. The molecule has 0 saturated heterocycles. The Bertz CT molecular complexity index is 1090. The van der Waals surface area contributed by atoms with Crippen molar-refractivity contribution >= 4 is 27.5 Å². The summed E-state index contributed by atoms with van der Waals surface area (Å²) in [6, 6.07) is 11.0. The quantitative estimate of drug-likeness (QED) is 0.519. The lowest BCUT2D eigenvalue weighted by Gasteiger charge is -2.31. The van der Waals surface area contributed by atoms with Crippen molar-refractivity contribution in [3.05, 3.63) is 59.9 Å². The van der Waals surface area contributed by atoms with E-state index in [4.69, 9.17) is 4.74 Å². The topological polar surface area (TPSA) is 96.0 Å². The summed E-state index contributed by atoms with van der Waals surface area (Å²) in [6.07, 6.45) is 1.00. The molecule has 0 radical (unpaired) electrons. The van der Waals surface area contributed by atoms with Gasteiger partial charge in [-0.25, -0.2) is 12.8 Å². The van der Waals surface area contributed by atoms with Crippen molar-refractivity contribution in [3.8, 4) is 5.75 Å². The number of nitrogens with one attached hydrogen (secondary N) is 1. The van der Waals surface area contributed by atoms with Crippen LogP contribution in [0.15, 0.2) is 48.5 Å². The minimum atomic E-state index is -3.84. The fourth-order valence-corrected chi connectivity index (χ4v) is 4.04. The molecule has 0 bridgehead atoms. The van der Waals surface area contributed by atoms with E-state index in [1.807, 2.05) is 13.8 Å². The Morgan fingerprint density at radius 2 is 1.74 bits per heavy atom. The Morgan fingerprint density at radius 3 is 2.29 bits per heavy atom. The highest BCUT2D eigenvalue weighted by Crippen LogP contribution is 2.23. The third-order valence-electron chi connectivity index (χ3n) is 5.14. The summed E-state index contributed by atoms with van der Waals surface area (Å²) in [5.41, 5.74) is 0.861. The van der Waals surface area contributed by atoms with Crippen molar-refractivity contribution in [2.45, 2.75) is 33.4 Å². The lowest BCUT2D eigenvalue weighted by atomic mass is 10.1. The molecule has 0 aliphatic heterocycles. The van der Waals surface area contributed by atoms with Gasteiger partial charge in [0.05, 0.1) is 19.1 Å². The van der Waals surface area contributed by atoms with E-state index in [2.05, 4.69) is 5.32 Å². The number of ether oxygens (including phenoxy) is 1. The lowest BCUT2D eigenvalue weighted by molar-refractivity contribution is -0.139. The molecule has 0 aromatic heterocycles. The van der Waals surface area contributed by atoms with Gasteiger partial charge in [0.25, 0.3) is 0 Å². The molecule has 34 heavy (non-hydrogen) atoms. The predicted octanol–water partition coefficient (Wildman–Crippen LogP) is 2.79. The molecule has 186 valence electrons. The first-order valence-corrected chi connectivity index (χ1v) is 12.7. The van der Waals surface area contributed by atoms with E-state index < -0.39 is 34.3 Å². The van der Waals surface area contributed by atoms with Gasteiger partial charge in [0.2, 0.25) is 21.8 Å². The second-order valence-electron chi connectivity index (χ2n) is 8.43. The van der Waals surface area contributed by atoms with Crippen LogP contribution in [-0.2, 0) is 26.2 Å². The first-order chi connectivity index (χ1) is 15.9. The van der Waals surface area contributed by atoms with Crippen LogP contribution in [0.2, 0.25) is 0 Å². The van der Waals surface area contributed by atoms with Crippen molar-refractivity contribution in [2.75, 3.05) is 30.8 Å². The molecule has 1 N–H and O–H groups in total. The monoisotopic (exact) mass is 493 g/mol. The molecular weight excluding hydrogens is 461 g/mol. The molecule has 0 aliphatic rings. The van der Waals surface area contributed by atoms with Crippen molar-refractivity contribution in [1.29, 1.82) is 0 Å². The summed E-state index contributed by atoms with van der Waals surface area (Å²) in [7, 11) is -2.38. The van der Waals surface area contributed by atoms with Gasteiger partial charge in [-0.05, 0) is 42.7 Å². The zero-order valence-corrected chi connectivity index (χ0v) is 20.9. The number of halogens is 1. The molecule has 0 spiro atoms. The molecule has 0 aliphatic carbocycles. The average molecular weight is 494 g/mol. The summed E-state index contributed by atoms with van der Waals surface area (Å²) in [5.74, 6) is -0.721. The SMILES string of the molecule is COc1cccc(N(CC(=O)N(Cc2ccc(F)cc2)[C@@H](C)C(=O)NCC(C)C)S(C)(=O)=O)c1. The highest BCUT2D eigenvalue weighted by Gasteiger charge is 2.30. The molecule has 0 heterocycles. The van der Waals surface area contributed by atoms with Gasteiger partial charge in [-0.1, -0.05) is 32.0 Å². The van der Waals surface area contributed by atoms with Crippen LogP contribution in [0.4, 0.5) is 10.1 Å². The van der Waals surface area contributed by atoms with Crippen LogP contribution in [0.1, 0.15) is 26.3 Å². The van der Waals surface area contributed by atoms with E-state index in [1.165, 1.54) is 42.3 Å². The number of hydrogen-bond acceptors (Lipinski definition) is 5. The normalized spacial score (nSPS) is 12.2. The molecule has 1 atom stereocenters. The number of nitrogens with zero attached hydrogens (tertiary/aromatic N) is 2. The summed E-state index contributed by atoms with van der Waals surface area (Å²) in [4.78, 5) is 27.5. The number of anilines is 1. The fourth-order valence-electron chi connectivity index (χ4n) is 3.20. The van der Waals surface area contributed by atoms with E-state index >= 15 is 0 Å². The smallest absolute Gasteiger partial charge is 0.244 e. The van der Waals surface area contributed by atoms with E-state index in [0.29, 0.717) is 17.9 Å². The van der Waals surface area contributed by atoms with Crippen LogP contribution >= 0.6 is 0 Å². The van der Waals surface area contributed by atoms with Crippen LogP contribution < -0.4 is 14.4 Å². The number of sulfonamides is 1. The maximum Gasteiger partial charge on any atom is 0.244 e. The molecule has 2 rings (SSSR count). The van der Waals surface area contributed by atoms with Gasteiger partial charge >= 0.3 is 0 Å². The summed E-state index contributed by atoms with van der Waals surface area (Å²) < 4.78 is 44.6. The standard InChI is InChI=1S/C24H32FN3O5S/c1-17(2)14-26-24(30)18(3)27(15-19-9-11-20(25)12-10-19)23(29)16-28(34(5,31)32)21-7-6-8-22(13-21)33-4/h6-13,17-18H,14-16H2,1-5H3,(H,26,30)/t18-/m0/s1. The van der Waals surface area contributed by atoms with Gasteiger partial charge in [0.15, 0.2) is 0 Å². The zero-order valence-electron chi connectivity index (χ0n) is 20.1. The Balaban J connectivity index is 2.37. The Morgan fingerprint density at radius 1 is 1.09 bits per heavy atom. The number of hydrogen-bond donors (Lipinski definition) is 1. The summed E-state index contributed by atoms with van der Waals surface area (Å²) in [6.45, 7) is 5.39. The summed E-state index contributed by atoms with van der Waals surface area (Å²) in [5, 5.41) is 2.80. The van der Waals surface area contributed by atoms with Gasteiger partial charge in [-0.15, -0.1) is 0 Å². The molecule has 0 unspecified atom stereocenters. The molecule has 0 fully saturated rings. The number of methoxy groups -OCH3 is 1. The van der Waals surface area contributed by atoms with E-state index in [-0.39, 0.29) is 24.1 Å². The van der Waals surface area contributed by atoms with Crippen molar-refractivity contribution < 1.29 is 27.1 Å². The number of carbonyl (C=O) groups is 2. The second kappa shape index (κ2) is 11.8. The Kier molecular flexibility index (Phi) is 9.43. The van der Waals surface area contributed by atoms with Crippen LogP contribution in [-0.4, -0.2) is 57.6 Å². The number of carbonyl (C=O) groups excluding carboxylic acids is 2. The van der Waals surface area contributed by atoms with Crippen LogP contribution in [0.25, 0.3) is 0 Å². The minimum Gasteiger partial charge on any atom is -0.497 e. The second-order valence-corrected chi connectivity index (χ2v) is 10.3. The number of amides is 2. The molecule has 2 amide bonds. The van der Waals surface area contributed by atoms with Crippen LogP contribution in [0.3, 0.4) is 0 Å². The highest BCUT2D eigenvalue weighted by molar-refractivity contribution is 7.92. The molecule has 2 aromatic rings. The highest BCUT2D eigenvalue weighted by atomic mass is 32.2. The zero-order chi connectivity index (χ0) is 25.5. The maximum absolute atomic E-state index is 13.4. The van der Waals surface area contributed by atoms with Crippen molar-refractivity contribution in [3.63, 3.8) is 0 Å². The lowest BCUT2D eigenvalue weighted by Crippen LogP contribution is -2.51.